The average Bonchev–Trinajstić information content (AvgIpc) is 3.04. The average molecular weight is 374 g/mol. The van der Waals surface area contributed by atoms with Crippen molar-refractivity contribution in [3.05, 3.63) is 64.4 Å². The van der Waals surface area contributed by atoms with Gasteiger partial charge in [0.15, 0.2) is 0 Å². The van der Waals surface area contributed by atoms with Gasteiger partial charge in [0.05, 0.1) is 20.0 Å². The summed E-state index contributed by atoms with van der Waals surface area (Å²) in [5.74, 6) is 0.00848. The Morgan fingerprint density at radius 1 is 1.11 bits per heavy atom. The number of carboxylic acid groups (broad SMARTS) is 1. The number of hydrogen-bond donors (Lipinski definition) is 1. The van der Waals surface area contributed by atoms with Crippen LogP contribution in [0.1, 0.15) is 12.0 Å². The van der Waals surface area contributed by atoms with Crippen LogP contribution in [0.2, 0.25) is 0 Å². The van der Waals surface area contributed by atoms with Gasteiger partial charge in [-0.05, 0) is 23.8 Å². The molecule has 28 heavy (non-hydrogen) atoms. The molecule has 1 N–H and O–H groups in total. The van der Waals surface area contributed by atoms with Crippen LogP contribution in [0.4, 0.5) is 0 Å². The lowest BCUT2D eigenvalue weighted by atomic mass is 10.0. The Labute approximate surface area is 160 Å². The lowest BCUT2D eigenvalue weighted by Crippen LogP contribution is -2.44. The number of aromatic nitrogens is 3. The zero-order valence-electron chi connectivity index (χ0n) is 15.6. The van der Waals surface area contributed by atoms with E-state index in [4.69, 9.17) is 0 Å². The molecular weight excluding hydrogens is 354 g/mol. The summed E-state index contributed by atoms with van der Waals surface area (Å²) < 4.78 is 5.96. The predicted molar refractivity (Wildman–Crippen MR) is 106 cm³/mol. The Kier molecular flexibility index (Phi) is 3.62. The number of aryl methyl sites for hydroxylation is 3. The second-order valence-electron chi connectivity index (χ2n) is 7.25. The Hall–Kier alpha value is -3.41. The molecule has 0 saturated carbocycles. The topological polar surface area (TPSA) is 68.1 Å². The van der Waals surface area contributed by atoms with Gasteiger partial charge in [-0.1, -0.05) is 30.3 Å². The molecule has 0 amide bonds. The van der Waals surface area contributed by atoms with E-state index in [0.717, 1.165) is 34.4 Å². The number of rotatable bonds is 3. The number of fused-ring (bicyclic) bond motifs is 6. The Morgan fingerprint density at radius 2 is 1.82 bits per heavy atom. The minimum absolute atomic E-state index is 0.00407. The van der Waals surface area contributed by atoms with Gasteiger partial charge in [0.1, 0.15) is 16.6 Å². The van der Waals surface area contributed by atoms with Gasteiger partial charge in [0.2, 0.25) is 0 Å². The first-order valence-corrected chi connectivity index (χ1v) is 9.41. The van der Waals surface area contributed by atoms with Crippen LogP contribution in [0, 0.1) is 0 Å². The lowest BCUT2D eigenvalue weighted by Gasteiger charge is -2.18. The smallest absolute Gasteiger partial charge is 0.345 e. The standard InChI is InChI=1S/C22H19N3O3/c1-23-17-8-4-3-7-16(17)22(28)25-12-10-15-14-6-2-5-9-18(14)24(13-11-19(26)27)20(15)21(23)25/h2-9H,10-13H2,1H3/p+1. The van der Waals surface area contributed by atoms with Crippen molar-refractivity contribution in [2.45, 2.75) is 25.9 Å². The van der Waals surface area contributed by atoms with Gasteiger partial charge in [0, 0.05) is 23.9 Å². The largest absolute Gasteiger partial charge is 0.481 e. The number of hydrogen-bond acceptors (Lipinski definition) is 2. The SMILES string of the molecule is C[n+]1c2n(c(=O)c3ccccc31)CCc1c-2n(CCC(=O)O)c2ccccc12. The van der Waals surface area contributed by atoms with E-state index in [1.807, 2.05) is 54.1 Å². The van der Waals surface area contributed by atoms with Crippen LogP contribution in [0.3, 0.4) is 0 Å². The molecule has 0 bridgehead atoms. The highest BCUT2D eigenvalue weighted by atomic mass is 16.4. The van der Waals surface area contributed by atoms with Gasteiger partial charge >= 0.3 is 17.4 Å². The van der Waals surface area contributed by atoms with E-state index < -0.39 is 5.97 Å². The molecule has 4 aromatic rings. The Balaban J connectivity index is 1.91. The molecule has 0 radical (unpaired) electrons. The van der Waals surface area contributed by atoms with Gasteiger partial charge in [-0.15, -0.1) is 0 Å². The Morgan fingerprint density at radius 3 is 2.61 bits per heavy atom. The third-order valence-corrected chi connectivity index (χ3v) is 5.74. The summed E-state index contributed by atoms with van der Waals surface area (Å²) >= 11 is 0. The molecule has 0 aliphatic carbocycles. The zero-order valence-corrected chi connectivity index (χ0v) is 15.6. The number of para-hydroxylation sites is 2. The summed E-state index contributed by atoms with van der Waals surface area (Å²) in [6.45, 7) is 0.985. The van der Waals surface area contributed by atoms with Crippen LogP contribution in [-0.2, 0) is 31.4 Å². The van der Waals surface area contributed by atoms with Crippen LogP contribution in [0.25, 0.3) is 33.3 Å². The Bertz CT molecular complexity index is 1330. The van der Waals surface area contributed by atoms with Gasteiger partial charge in [0.25, 0.3) is 0 Å². The summed E-state index contributed by atoms with van der Waals surface area (Å²) in [6.07, 6.45) is 0.786. The molecule has 0 spiro atoms. The van der Waals surface area contributed by atoms with E-state index in [-0.39, 0.29) is 12.0 Å². The predicted octanol–water partition coefficient (Wildman–Crippen LogP) is 2.48. The number of carbonyl (C=O) groups is 1. The summed E-state index contributed by atoms with van der Waals surface area (Å²) in [5, 5.41) is 11.1. The highest BCUT2D eigenvalue weighted by Crippen LogP contribution is 2.36. The maximum atomic E-state index is 13.2. The molecule has 0 atom stereocenters. The molecule has 2 aromatic heterocycles. The number of carboxylic acids is 1. The lowest BCUT2D eigenvalue weighted by molar-refractivity contribution is -0.638. The summed E-state index contributed by atoms with van der Waals surface area (Å²) in [7, 11) is 1.97. The minimum atomic E-state index is -0.831. The molecule has 140 valence electrons. The molecule has 0 saturated heterocycles. The fourth-order valence-corrected chi connectivity index (χ4v) is 4.53. The molecule has 1 aliphatic rings. The van der Waals surface area contributed by atoms with Crippen LogP contribution >= 0.6 is 0 Å². The monoisotopic (exact) mass is 374 g/mol. The molecule has 2 aromatic carbocycles. The van der Waals surface area contributed by atoms with E-state index in [9.17, 15) is 14.7 Å². The molecular formula is C22H20N3O3+. The van der Waals surface area contributed by atoms with Gasteiger partial charge < -0.3 is 9.67 Å². The highest BCUT2D eigenvalue weighted by molar-refractivity contribution is 5.91. The second kappa shape index (κ2) is 6.05. The zero-order chi connectivity index (χ0) is 19.4. The highest BCUT2D eigenvalue weighted by Gasteiger charge is 2.34. The van der Waals surface area contributed by atoms with E-state index in [1.165, 1.54) is 5.56 Å². The van der Waals surface area contributed by atoms with Crippen molar-refractivity contribution < 1.29 is 14.5 Å². The second-order valence-corrected chi connectivity index (χ2v) is 7.25. The fourth-order valence-electron chi connectivity index (χ4n) is 4.53. The fraction of sp³-hybridized carbons (Fsp3) is 0.227. The quantitative estimate of drug-likeness (QED) is 0.560. The van der Waals surface area contributed by atoms with E-state index in [1.54, 1.807) is 0 Å². The van der Waals surface area contributed by atoms with Gasteiger partial charge in [-0.3, -0.25) is 4.79 Å². The minimum Gasteiger partial charge on any atom is -0.481 e. The van der Waals surface area contributed by atoms with Crippen LogP contribution in [-0.4, -0.2) is 20.2 Å². The maximum absolute atomic E-state index is 13.2. The number of benzene rings is 2. The van der Waals surface area contributed by atoms with Gasteiger partial charge in [-0.25, -0.2) is 9.36 Å². The molecule has 1 aliphatic heterocycles. The van der Waals surface area contributed by atoms with Crippen LogP contribution in [0.15, 0.2) is 53.3 Å². The summed E-state index contributed by atoms with van der Waals surface area (Å²) in [6, 6.07) is 15.7. The molecule has 5 rings (SSSR count). The first-order chi connectivity index (χ1) is 13.6. The van der Waals surface area contributed by atoms with Crippen molar-refractivity contribution in [3.63, 3.8) is 0 Å². The third-order valence-electron chi connectivity index (χ3n) is 5.74. The van der Waals surface area contributed by atoms with Gasteiger partial charge in [-0.2, -0.15) is 4.57 Å². The molecule has 0 fully saturated rings. The number of aliphatic carboxylic acids is 1. The van der Waals surface area contributed by atoms with Crippen molar-refractivity contribution in [2.24, 2.45) is 7.05 Å². The first kappa shape index (κ1) is 16.7. The van der Waals surface area contributed by atoms with E-state index in [0.29, 0.717) is 18.5 Å². The summed E-state index contributed by atoms with van der Waals surface area (Å²) in [5.41, 5.74) is 4.04. The van der Waals surface area contributed by atoms with Crippen LogP contribution < -0.4 is 10.1 Å². The van der Waals surface area contributed by atoms with E-state index in [2.05, 4.69) is 15.2 Å². The third kappa shape index (κ3) is 2.24. The number of nitrogens with zero attached hydrogens (tertiary/aromatic N) is 3. The van der Waals surface area contributed by atoms with Crippen molar-refractivity contribution in [1.82, 2.24) is 9.13 Å². The van der Waals surface area contributed by atoms with Crippen molar-refractivity contribution in [1.29, 1.82) is 0 Å². The summed E-state index contributed by atoms with van der Waals surface area (Å²) in [4.78, 5) is 24.4. The van der Waals surface area contributed by atoms with Crippen LogP contribution in [0.5, 0.6) is 0 Å². The molecule has 3 heterocycles. The maximum Gasteiger partial charge on any atom is 0.345 e. The van der Waals surface area contributed by atoms with Crippen molar-refractivity contribution in [3.8, 4) is 11.5 Å². The van der Waals surface area contributed by atoms with E-state index >= 15 is 0 Å². The normalized spacial score (nSPS) is 12.9. The molecule has 0 unspecified atom stereocenters. The first-order valence-electron chi connectivity index (χ1n) is 9.41. The molecule has 6 heteroatoms. The van der Waals surface area contributed by atoms with Crippen molar-refractivity contribution in [2.75, 3.05) is 0 Å². The van der Waals surface area contributed by atoms with Crippen molar-refractivity contribution >= 4 is 27.8 Å². The molecule has 6 nitrogen and oxygen atoms in total.